The van der Waals surface area contributed by atoms with E-state index in [4.69, 9.17) is 13.4 Å². The van der Waals surface area contributed by atoms with Crippen LogP contribution < -0.4 is 0 Å². The van der Waals surface area contributed by atoms with Crippen LogP contribution in [0.5, 0.6) is 0 Å². The maximum Gasteiger partial charge on any atom is 0.158 e. The molecule has 1 heterocycles. The van der Waals surface area contributed by atoms with Crippen molar-refractivity contribution < 1.29 is 12.8 Å². The van der Waals surface area contributed by atoms with Gasteiger partial charge in [0.05, 0.1) is 25.5 Å². The summed E-state index contributed by atoms with van der Waals surface area (Å²) in [6.07, 6.45) is 5.86. The standard InChI is InChI=1S/C25H27FN2O2S/c1-5-7-20-15-27-25(19-9-11-21(26)12-10-19)22-13-8-18(17-30-31-29-6-2)14-23(22)24(20)16-28(3)4/h5,7-14,16H,1,6,15,17H2,2-4H3/b20-7-,24-16+. The van der Waals surface area contributed by atoms with Crippen molar-refractivity contribution in [2.24, 2.45) is 4.99 Å². The quantitative estimate of drug-likeness (QED) is 0.385. The average molecular weight is 439 g/mol. The maximum atomic E-state index is 13.5. The van der Waals surface area contributed by atoms with Crippen molar-refractivity contribution in [3.63, 3.8) is 0 Å². The van der Waals surface area contributed by atoms with Crippen molar-refractivity contribution in [2.45, 2.75) is 13.5 Å². The second kappa shape index (κ2) is 11.1. The molecule has 2 aromatic carbocycles. The zero-order valence-corrected chi connectivity index (χ0v) is 18.9. The van der Waals surface area contributed by atoms with E-state index in [0.29, 0.717) is 19.8 Å². The second-order valence-corrected chi connectivity index (χ2v) is 7.83. The first kappa shape index (κ1) is 23.0. The number of halogens is 1. The fourth-order valence-electron chi connectivity index (χ4n) is 3.34. The van der Waals surface area contributed by atoms with E-state index in [1.165, 1.54) is 12.1 Å². The molecule has 1 aliphatic heterocycles. The molecule has 6 heteroatoms. The number of allylic oxidation sites excluding steroid dienone is 2. The van der Waals surface area contributed by atoms with Crippen LogP contribution in [-0.2, 0) is 15.0 Å². The van der Waals surface area contributed by atoms with Crippen molar-refractivity contribution in [1.29, 1.82) is 0 Å². The van der Waals surface area contributed by atoms with Gasteiger partial charge in [0.15, 0.2) is 12.3 Å². The van der Waals surface area contributed by atoms with Gasteiger partial charge in [-0.2, -0.15) is 0 Å². The third-order valence-electron chi connectivity index (χ3n) is 4.65. The number of fused-ring (bicyclic) bond motifs is 1. The molecule has 0 aliphatic carbocycles. The van der Waals surface area contributed by atoms with Crippen LogP contribution in [-0.4, -0.2) is 37.9 Å². The molecule has 0 fully saturated rings. The summed E-state index contributed by atoms with van der Waals surface area (Å²) in [6.45, 7) is 7.28. The van der Waals surface area contributed by atoms with E-state index in [9.17, 15) is 4.39 Å². The largest absolute Gasteiger partial charge is 0.383 e. The molecule has 0 spiro atoms. The predicted molar refractivity (Wildman–Crippen MR) is 127 cm³/mol. The highest BCUT2D eigenvalue weighted by Gasteiger charge is 2.21. The van der Waals surface area contributed by atoms with Gasteiger partial charge < -0.3 is 4.90 Å². The second-order valence-electron chi connectivity index (χ2n) is 7.22. The summed E-state index contributed by atoms with van der Waals surface area (Å²) in [7, 11) is 3.99. The van der Waals surface area contributed by atoms with Crippen LogP contribution in [0.15, 0.2) is 78.0 Å². The fourth-order valence-corrected chi connectivity index (χ4v) is 3.69. The zero-order chi connectivity index (χ0) is 22.2. The molecule has 162 valence electrons. The van der Waals surface area contributed by atoms with Crippen LogP contribution in [0, 0.1) is 5.82 Å². The van der Waals surface area contributed by atoms with Gasteiger partial charge in [0, 0.05) is 37.0 Å². The van der Waals surface area contributed by atoms with E-state index in [2.05, 4.69) is 24.9 Å². The lowest BCUT2D eigenvalue weighted by Crippen LogP contribution is -2.08. The molecule has 3 rings (SSSR count). The highest BCUT2D eigenvalue weighted by atomic mass is 32.2. The van der Waals surface area contributed by atoms with Gasteiger partial charge in [0.1, 0.15) is 5.82 Å². The summed E-state index contributed by atoms with van der Waals surface area (Å²) >= 11 is 1.00. The highest BCUT2D eigenvalue weighted by Crippen LogP contribution is 2.33. The number of hydrogen-bond acceptors (Lipinski definition) is 5. The van der Waals surface area contributed by atoms with Crippen molar-refractivity contribution in [3.8, 4) is 0 Å². The number of aliphatic imine (C=N–C) groups is 1. The number of hydrogen-bond donors (Lipinski definition) is 0. The minimum atomic E-state index is -0.266. The summed E-state index contributed by atoms with van der Waals surface area (Å²) in [5.41, 5.74) is 6.90. The molecule has 31 heavy (non-hydrogen) atoms. The van der Waals surface area contributed by atoms with Gasteiger partial charge in [0.2, 0.25) is 0 Å². The van der Waals surface area contributed by atoms with Gasteiger partial charge in [0.25, 0.3) is 0 Å². The van der Waals surface area contributed by atoms with Crippen molar-refractivity contribution in [1.82, 2.24) is 4.90 Å². The minimum Gasteiger partial charge on any atom is -0.383 e. The maximum absolute atomic E-state index is 13.5. The first-order chi connectivity index (χ1) is 15.0. The van der Waals surface area contributed by atoms with Crippen molar-refractivity contribution in [3.05, 3.63) is 101 Å². The predicted octanol–water partition coefficient (Wildman–Crippen LogP) is 5.81. The first-order valence-electron chi connectivity index (χ1n) is 10.1. The van der Waals surface area contributed by atoms with Crippen LogP contribution in [0.1, 0.15) is 29.2 Å². The lowest BCUT2D eigenvalue weighted by Gasteiger charge is -2.17. The molecule has 0 unspecified atom stereocenters. The highest BCUT2D eigenvalue weighted by molar-refractivity contribution is 7.89. The Bertz CT molecular complexity index is 1010. The normalized spacial score (nSPS) is 16.1. The molecular weight excluding hydrogens is 411 g/mol. The van der Waals surface area contributed by atoms with Gasteiger partial charge >= 0.3 is 0 Å². The summed E-state index contributed by atoms with van der Waals surface area (Å²) in [4.78, 5) is 6.92. The van der Waals surface area contributed by atoms with E-state index in [1.807, 2.05) is 38.1 Å². The third-order valence-corrected chi connectivity index (χ3v) is 5.19. The molecule has 0 N–H and O–H groups in total. The number of nitrogens with zero attached hydrogens (tertiary/aromatic N) is 2. The van der Waals surface area contributed by atoms with Crippen molar-refractivity contribution >= 4 is 23.6 Å². The molecule has 0 saturated heterocycles. The Morgan fingerprint density at radius 3 is 2.58 bits per heavy atom. The smallest absolute Gasteiger partial charge is 0.158 e. The Hall–Kier alpha value is -2.67. The van der Waals surface area contributed by atoms with E-state index >= 15 is 0 Å². The summed E-state index contributed by atoms with van der Waals surface area (Å²) < 4.78 is 24.3. The number of benzene rings is 2. The molecular formula is C25H27FN2O2S. The lowest BCUT2D eigenvalue weighted by atomic mass is 9.90. The SMILES string of the molecule is C=C/C=C1/CN=C(c2ccc(F)cc2)c2ccc(COSOCC)cc2/C1=C/N(C)C. The molecule has 2 aromatic rings. The molecule has 0 radical (unpaired) electrons. The van der Waals surface area contributed by atoms with E-state index in [1.54, 1.807) is 18.2 Å². The van der Waals surface area contributed by atoms with Crippen LogP contribution in [0.2, 0.25) is 0 Å². The topological polar surface area (TPSA) is 34.1 Å². The Kier molecular flexibility index (Phi) is 8.23. The van der Waals surface area contributed by atoms with Gasteiger partial charge in [-0.3, -0.25) is 13.4 Å². The summed E-state index contributed by atoms with van der Waals surface area (Å²) in [5, 5.41) is 0. The molecule has 0 saturated carbocycles. The molecule has 0 atom stereocenters. The van der Waals surface area contributed by atoms with Crippen LogP contribution >= 0.6 is 12.3 Å². The van der Waals surface area contributed by atoms with E-state index in [-0.39, 0.29) is 5.82 Å². The Morgan fingerprint density at radius 1 is 1.13 bits per heavy atom. The molecule has 4 nitrogen and oxygen atoms in total. The minimum absolute atomic E-state index is 0.266. The van der Waals surface area contributed by atoms with E-state index in [0.717, 1.165) is 51.4 Å². The molecule has 0 aromatic heterocycles. The third kappa shape index (κ3) is 5.94. The lowest BCUT2D eigenvalue weighted by molar-refractivity contribution is 0.289. The summed E-state index contributed by atoms with van der Waals surface area (Å²) in [6, 6.07) is 12.7. The molecule has 0 bridgehead atoms. The monoisotopic (exact) mass is 438 g/mol. The Labute approximate surface area is 188 Å². The van der Waals surface area contributed by atoms with Gasteiger partial charge in [-0.15, -0.1) is 0 Å². The van der Waals surface area contributed by atoms with Gasteiger partial charge in [-0.05, 0) is 54.0 Å². The van der Waals surface area contributed by atoms with Crippen LogP contribution in [0.25, 0.3) is 5.57 Å². The van der Waals surface area contributed by atoms with Crippen LogP contribution in [0.3, 0.4) is 0 Å². The first-order valence-corrected chi connectivity index (χ1v) is 10.8. The van der Waals surface area contributed by atoms with Gasteiger partial charge in [-0.1, -0.05) is 30.9 Å². The average Bonchev–Trinajstić information content (AvgIpc) is 2.89. The Balaban J connectivity index is 2.13. The fraction of sp³-hybridized carbons (Fsp3) is 0.240. The van der Waals surface area contributed by atoms with Crippen LogP contribution in [0.4, 0.5) is 4.39 Å². The van der Waals surface area contributed by atoms with Gasteiger partial charge in [-0.25, -0.2) is 4.39 Å². The Morgan fingerprint density at radius 2 is 1.90 bits per heavy atom. The number of rotatable bonds is 8. The molecule has 0 amide bonds. The molecule has 1 aliphatic rings. The van der Waals surface area contributed by atoms with Crippen molar-refractivity contribution in [2.75, 3.05) is 27.2 Å². The summed E-state index contributed by atoms with van der Waals surface area (Å²) in [5.74, 6) is -0.266. The zero-order valence-electron chi connectivity index (χ0n) is 18.1. The van der Waals surface area contributed by atoms with E-state index < -0.39 is 0 Å².